The fourth-order valence-electron chi connectivity index (χ4n) is 3.41. The van der Waals surface area contributed by atoms with Crippen LogP contribution in [0.15, 0.2) is 18.2 Å². The zero-order chi connectivity index (χ0) is 16.0. The van der Waals surface area contributed by atoms with Gasteiger partial charge >= 0.3 is 0 Å². The predicted octanol–water partition coefficient (Wildman–Crippen LogP) is 3.46. The van der Waals surface area contributed by atoms with Gasteiger partial charge in [0.15, 0.2) is 0 Å². The maximum atomic E-state index is 11.7. The average Bonchev–Trinajstić information content (AvgIpc) is 2.91. The maximum absolute atomic E-state index is 11.7. The second kappa shape index (κ2) is 5.43. The van der Waals surface area contributed by atoms with Gasteiger partial charge in [0.2, 0.25) is 5.91 Å². The van der Waals surface area contributed by atoms with Crippen LogP contribution in [-0.4, -0.2) is 15.7 Å². The molecule has 1 aromatic heterocycles. The highest BCUT2D eigenvalue weighted by molar-refractivity contribution is 6.30. The molecular weight excluding hydrogens is 310 g/mol. The lowest BCUT2D eigenvalue weighted by atomic mass is 9.91. The first-order valence-corrected chi connectivity index (χ1v) is 8.21. The van der Waals surface area contributed by atoms with Crippen LogP contribution in [0, 0.1) is 12.3 Å². The van der Waals surface area contributed by atoms with Gasteiger partial charge in [-0.1, -0.05) is 17.5 Å². The van der Waals surface area contributed by atoms with Crippen molar-refractivity contribution in [2.45, 2.75) is 38.0 Å². The number of hydrogen-bond donors (Lipinski definition) is 1. The van der Waals surface area contributed by atoms with Crippen molar-refractivity contribution in [3.63, 3.8) is 0 Å². The van der Waals surface area contributed by atoms with E-state index in [0.717, 1.165) is 53.9 Å². The molecule has 5 heteroatoms. The van der Waals surface area contributed by atoms with E-state index in [9.17, 15) is 4.79 Å². The molecule has 2 heterocycles. The largest absolute Gasteiger partial charge is 0.326 e. The molecule has 4 rings (SSSR count). The number of carbonyl (C=O) groups excluding carboxylic acids is 1. The molecule has 0 saturated carbocycles. The van der Waals surface area contributed by atoms with E-state index in [1.165, 1.54) is 0 Å². The highest BCUT2D eigenvalue weighted by atomic mass is 35.5. The van der Waals surface area contributed by atoms with Gasteiger partial charge in [-0.3, -0.25) is 4.79 Å². The van der Waals surface area contributed by atoms with Gasteiger partial charge in [-0.05, 0) is 49.4 Å². The first kappa shape index (κ1) is 14.3. The lowest BCUT2D eigenvalue weighted by molar-refractivity contribution is -0.116. The molecule has 116 valence electrons. The highest BCUT2D eigenvalue weighted by Crippen LogP contribution is 2.35. The number of terminal acetylenes is 1. The van der Waals surface area contributed by atoms with E-state index in [4.69, 9.17) is 18.0 Å². The summed E-state index contributed by atoms with van der Waals surface area (Å²) in [5, 5.41) is 8.24. The Hall–Kier alpha value is -2.25. The quantitative estimate of drug-likeness (QED) is 0.816. The van der Waals surface area contributed by atoms with Crippen LogP contribution in [0.25, 0.3) is 5.69 Å². The molecule has 0 saturated heterocycles. The Morgan fingerprint density at radius 1 is 1.35 bits per heavy atom. The standard InChI is InChI=1S/C18H16ClN3O/c1-2-11-9-17(23)20-15-8-7-12(10-14(11)15)22-18(19)13-5-3-4-6-16(13)21-22/h1,7-8,10-11H,3-6,9H2,(H,20,23). The van der Waals surface area contributed by atoms with Crippen molar-refractivity contribution >= 4 is 23.2 Å². The summed E-state index contributed by atoms with van der Waals surface area (Å²) in [6.07, 6.45) is 10.2. The van der Waals surface area contributed by atoms with Crippen molar-refractivity contribution in [2.75, 3.05) is 5.32 Å². The Balaban J connectivity index is 1.81. The van der Waals surface area contributed by atoms with Crippen LogP contribution >= 0.6 is 11.6 Å². The molecule has 2 aromatic rings. The Labute approximate surface area is 139 Å². The summed E-state index contributed by atoms with van der Waals surface area (Å²) in [6.45, 7) is 0. The van der Waals surface area contributed by atoms with E-state index in [1.807, 2.05) is 18.2 Å². The summed E-state index contributed by atoms with van der Waals surface area (Å²) >= 11 is 6.54. The van der Waals surface area contributed by atoms with Gasteiger partial charge < -0.3 is 5.32 Å². The van der Waals surface area contributed by atoms with E-state index in [1.54, 1.807) is 4.68 Å². The van der Waals surface area contributed by atoms with Gasteiger partial charge in [0.05, 0.1) is 17.3 Å². The monoisotopic (exact) mass is 325 g/mol. The molecule has 1 aliphatic carbocycles. The SMILES string of the molecule is C#CC1CC(=O)Nc2ccc(-n3nc4c(c3Cl)CCCC4)cc21. The van der Waals surface area contributed by atoms with Crippen LogP contribution < -0.4 is 5.32 Å². The minimum Gasteiger partial charge on any atom is -0.326 e. The zero-order valence-corrected chi connectivity index (χ0v) is 13.4. The summed E-state index contributed by atoms with van der Waals surface area (Å²) in [6, 6.07) is 5.79. The lowest BCUT2D eigenvalue weighted by Gasteiger charge is -2.22. The molecule has 0 bridgehead atoms. The van der Waals surface area contributed by atoms with Crippen molar-refractivity contribution in [3.8, 4) is 18.0 Å². The number of aryl methyl sites for hydroxylation is 1. The molecule has 0 radical (unpaired) electrons. The predicted molar refractivity (Wildman–Crippen MR) is 90.0 cm³/mol. The number of rotatable bonds is 1. The van der Waals surface area contributed by atoms with Crippen LogP contribution in [0.3, 0.4) is 0 Å². The molecule has 4 nitrogen and oxygen atoms in total. The van der Waals surface area contributed by atoms with Gasteiger partial charge in [0.25, 0.3) is 0 Å². The first-order chi connectivity index (χ1) is 11.2. The maximum Gasteiger partial charge on any atom is 0.225 e. The number of anilines is 1. The molecule has 0 fully saturated rings. The molecule has 1 amide bonds. The van der Waals surface area contributed by atoms with Crippen molar-refractivity contribution < 1.29 is 4.79 Å². The van der Waals surface area contributed by atoms with E-state index in [-0.39, 0.29) is 11.8 Å². The lowest BCUT2D eigenvalue weighted by Crippen LogP contribution is -2.22. The molecule has 1 aliphatic heterocycles. The number of aromatic nitrogens is 2. The number of nitrogens with zero attached hydrogens (tertiary/aromatic N) is 2. The van der Waals surface area contributed by atoms with Gasteiger partial charge in [0.1, 0.15) is 5.15 Å². The van der Waals surface area contributed by atoms with Crippen LogP contribution in [-0.2, 0) is 17.6 Å². The number of carbonyl (C=O) groups is 1. The number of benzene rings is 1. The second-order valence-corrected chi connectivity index (χ2v) is 6.44. The molecular formula is C18H16ClN3O. The summed E-state index contributed by atoms with van der Waals surface area (Å²) in [5.74, 6) is 2.46. The van der Waals surface area contributed by atoms with Crippen LogP contribution in [0.2, 0.25) is 5.15 Å². The van der Waals surface area contributed by atoms with Crippen molar-refractivity contribution in [1.82, 2.24) is 9.78 Å². The average molecular weight is 326 g/mol. The molecule has 23 heavy (non-hydrogen) atoms. The Kier molecular flexibility index (Phi) is 3.39. The number of nitrogens with one attached hydrogen (secondary N) is 1. The minimum absolute atomic E-state index is 0.0409. The Morgan fingerprint density at radius 3 is 2.96 bits per heavy atom. The fraction of sp³-hybridized carbons (Fsp3) is 0.333. The summed E-state index contributed by atoms with van der Waals surface area (Å²) < 4.78 is 1.79. The number of amides is 1. The minimum atomic E-state index is -0.206. The molecule has 1 unspecified atom stereocenters. The third kappa shape index (κ3) is 2.32. The zero-order valence-electron chi connectivity index (χ0n) is 12.6. The van der Waals surface area contributed by atoms with Crippen LogP contribution in [0.4, 0.5) is 5.69 Å². The highest BCUT2D eigenvalue weighted by Gasteiger charge is 2.25. The van der Waals surface area contributed by atoms with Gasteiger partial charge in [-0.25, -0.2) is 4.68 Å². The third-order valence-electron chi connectivity index (χ3n) is 4.61. The summed E-state index contributed by atoms with van der Waals surface area (Å²) in [7, 11) is 0. The second-order valence-electron chi connectivity index (χ2n) is 6.08. The van der Waals surface area contributed by atoms with Crippen molar-refractivity contribution in [3.05, 3.63) is 40.2 Å². The number of hydrogen-bond acceptors (Lipinski definition) is 2. The first-order valence-electron chi connectivity index (χ1n) is 7.84. The van der Waals surface area contributed by atoms with Gasteiger partial charge in [-0.15, -0.1) is 6.42 Å². The number of halogens is 1. The van der Waals surface area contributed by atoms with E-state index < -0.39 is 0 Å². The normalized spacial score (nSPS) is 19.5. The van der Waals surface area contributed by atoms with Gasteiger partial charge in [-0.2, -0.15) is 5.10 Å². The topological polar surface area (TPSA) is 46.9 Å². The fourth-order valence-corrected chi connectivity index (χ4v) is 3.75. The molecule has 1 atom stereocenters. The smallest absolute Gasteiger partial charge is 0.225 e. The van der Waals surface area contributed by atoms with Crippen molar-refractivity contribution in [1.29, 1.82) is 0 Å². The van der Waals surface area contributed by atoms with Gasteiger partial charge in [0, 0.05) is 17.7 Å². The molecule has 1 aromatic carbocycles. The molecule has 2 aliphatic rings. The number of fused-ring (bicyclic) bond motifs is 2. The third-order valence-corrected chi connectivity index (χ3v) is 5.00. The molecule has 1 N–H and O–H groups in total. The van der Waals surface area contributed by atoms with Crippen molar-refractivity contribution in [2.24, 2.45) is 0 Å². The van der Waals surface area contributed by atoms with E-state index >= 15 is 0 Å². The Bertz CT molecular complexity index is 847. The summed E-state index contributed by atoms with van der Waals surface area (Å²) in [5.41, 5.74) is 4.88. The Morgan fingerprint density at radius 2 is 2.17 bits per heavy atom. The summed E-state index contributed by atoms with van der Waals surface area (Å²) in [4.78, 5) is 11.7. The van der Waals surface area contributed by atoms with Crippen LogP contribution in [0.5, 0.6) is 0 Å². The van der Waals surface area contributed by atoms with E-state index in [0.29, 0.717) is 11.6 Å². The van der Waals surface area contributed by atoms with Crippen LogP contribution in [0.1, 0.15) is 42.0 Å². The molecule has 0 spiro atoms. The van der Waals surface area contributed by atoms with E-state index in [2.05, 4.69) is 16.3 Å².